The molecular weight excluding hydrogens is 545 g/mol. The molecule has 7 nitrogen and oxygen atoms in total. The van der Waals surface area contributed by atoms with E-state index in [1.807, 2.05) is 47.0 Å². The van der Waals surface area contributed by atoms with Gasteiger partial charge in [-0.2, -0.15) is 0 Å². The maximum absolute atomic E-state index is 11.9. The molecule has 2 aromatic heterocycles. The maximum Gasteiger partial charge on any atom is 0.207 e. The van der Waals surface area contributed by atoms with Crippen LogP contribution in [0.5, 0.6) is 5.75 Å². The first kappa shape index (κ1) is 27.9. The van der Waals surface area contributed by atoms with E-state index in [2.05, 4.69) is 24.6 Å². The van der Waals surface area contributed by atoms with Gasteiger partial charge in [-0.25, -0.2) is 9.97 Å². The predicted octanol–water partition coefficient (Wildman–Crippen LogP) is 7.39. The van der Waals surface area contributed by atoms with Crippen molar-refractivity contribution in [2.24, 2.45) is 0 Å². The molecule has 4 aromatic rings. The first-order valence-electron chi connectivity index (χ1n) is 11.9. The van der Waals surface area contributed by atoms with Crippen molar-refractivity contribution in [1.29, 1.82) is 0 Å². The summed E-state index contributed by atoms with van der Waals surface area (Å²) in [5.41, 5.74) is 4.26. The van der Waals surface area contributed by atoms with Crippen molar-refractivity contribution >= 4 is 50.0 Å². The molecule has 0 aliphatic heterocycles. The van der Waals surface area contributed by atoms with Gasteiger partial charge in [-0.15, -0.1) is 0 Å². The van der Waals surface area contributed by atoms with Crippen molar-refractivity contribution in [1.82, 2.24) is 14.5 Å². The summed E-state index contributed by atoms with van der Waals surface area (Å²) in [5.74, 6) is 0.218. The van der Waals surface area contributed by atoms with Crippen LogP contribution in [0.2, 0.25) is 30.7 Å². The zero-order valence-corrected chi connectivity index (χ0v) is 24.8. The Bertz CT molecular complexity index is 1450. The second-order valence-corrected chi connectivity index (χ2v) is 20.1. The molecule has 1 atom stereocenters. The van der Waals surface area contributed by atoms with Gasteiger partial charge < -0.3 is 14.7 Å². The second-order valence-electron chi connectivity index (χ2n) is 10.3. The number of aromatic nitrogens is 3. The van der Waals surface area contributed by atoms with E-state index in [4.69, 9.17) is 21.3 Å². The van der Waals surface area contributed by atoms with E-state index in [9.17, 15) is 14.6 Å². The monoisotopic (exact) mass is 575 g/mol. The highest BCUT2D eigenvalue weighted by molar-refractivity contribution is 8.04. The molecule has 0 aliphatic carbocycles. The number of thioether (sulfide) groups is 1. The Labute approximate surface area is 227 Å². The lowest BCUT2D eigenvalue weighted by Gasteiger charge is -2.16. The van der Waals surface area contributed by atoms with E-state index in [1.165, 1.54) is 18.4 Å². The molecule has 0 fully saturated rings. The molecule has 4 rings (SSSR count). The summed E-state index contributed by atoms with van der Waals surface area (Å²) in [6.45, 7) is 9.12. The Hall–Kier alpha value is -2.13. The number of imidazole rings is 1. The molecule has 2 N–H and O–H groups in total. The van der Waals surface area contributed by atoms with Crippen LogP contribution in [0.4, 0.5) is 0 Å². The average Bonchev–Trinajstić information content (AvgIpc) is 3.16. The Morgan fingerprint density at radius 3 is 2.41 bits per heavy atom. The third-order valence-electron chi connectivity index (χ3n) is 5.68. The van der Waals surface area contributed by atoms with Crippen molar-refractivity contribution in [3.05, 3.63) is 59.6 Å². The molecule has 0 aliphatic rings. The van der Waals surface area contributed by atoms with Gasteiger partial charge in [0.15, 0.2) is 10.8 Å². The summed E-state index contributed by atoms with van der Waals surface area (Å²) >= 11 is 7.91. The molecule has 1 unspecified atom stereocenters. The average molecular weight is 576 g/mol. The Morgan fingerprint density at radius 2 is 1.76 bits per heavy atom. The molecule has 2 aromatic carbocycles. The van der Waals surface area contributed by atoms with Gasteiger partial charge in [0, 0.05) is 32.5 Å². The number of fused-ring (bicyclic) bond motifs is 1. The van der Waals surface area contributed by atoms with E-state index in [0.29, 0.717) is 33.6 Å². The second kappa shape index (κ2) is 11.3. The van der Waals surface area contributed by atoms with Crippen molar-refractivity contribution in [3.63, 3.8) is 0 Å². The number of nitrogens with zero attached hydrogens (tertiary/aromatic N) is 3. The molecular formula is C26H31ClN3O4PSSi. The fourth-order valence-electron chi connectivity index (χ4n) is 3.68. The number of phenols is 1. The van der Waals surface area contributed by atoms with Crippen LogP contribution in [0.25, 0.3) is 33.5 Å². The number of halogens is 1. The van der Waals surface area contributed by atoms with Crippen LogP contribution in [0.3, 0.4) is 0 Å². The van der Waals surface area contributed by atoms with Crippen molar-refractivity contribution in [2.75, 3.05) is 18.8 Å². The fraction of sp³-hybridized carbons (Fsp3) is 0.308. The van der Waals surface area contributed by atoms with Crippen LogP contribution < -0.4 is 0 Å². The Kier molecular flexibility index (Phi) is 8.53. The van der Waals surface area contributed by atoms with E-state index < -0.39 is 15.4 Å². The number of pyridine rings is 1. The van der Waals surface area contributed by atoms with Crippen molar-refractivity contribution in [3.8, 4) is 28.1 Å². The number of aromatic hydroxyl groups is 1. The van der Waals surface area contributed by atoms with Crippen molar-refractivity contribution in [2.45, 2.75) is 37.6 Å². The largest absolute Gasteiger partial charge is 0.507 e. The molecule has 0 radical (unpaired) electrons. The third kappa shape index (κ3) is 7.25. The van der Waals surface area contributed by atoms with E-state index in [1.54, 1.807) is 12.1 Å². The van der Waals surface area contributed by atoms with Crippen LogP contribution in [0, 0.1) is 0 Å². The summed E-state index contributed by atoms with van der Waals surface area (Å²) in [4.78, 5) is 19.2. The fourth-order valence-corrected chi connectivity index (χ4v) is 6.57. The summed E-state index contributed by atoms with van der Waals surface area (Å²) in [7, 11) is -4.48. The first-order valence-corrected chi connectivity index (χ1v) is 19.2. The molecule has 0 bridgehead atoms. The quantitative estimate of drug-likeness (QED) is 0.0880. The minimum atomic E-state index is -3.24. The van der Waals surface area contributed by atoms with Crippen LogP contribution in [-0.2, 0) is 16.0 Å². The van der Waals surface area contributed by atoms with Gasteiger partial charge in [0.1, 0.15) is 12.5 Å². The topological polar surface area (TPSA) is 97.5 Å². The zero-order valence-electron chi connectivity index (χ0n) is 21.3. The molecule has 11 heteroatoms. The third-order valence-corrected chi connectivity index (χ3v) is 10.7. The van der Waals surface area contributed by atoms with E-state index >= 15 is 0 Å². The van der Waals surface area contributed by atoms with Gasteiger partial charge in [-0.05, 0) is 23.7 Å². The summed E-state index contributed by atoms with van der Waals surface area (Å²) in [5, 5.41) is 11.2. The van der Waals surface area contributed by atoms with Gasteiger partial charge in [0.2, 0.25) is 7.37 Å². The number of rotatable bonds is 10. The minimum Gasteiger partial charge on any atom is -0.507 e. The number of benzene rings is 2. The highest BCUT2D eigenvalue weighted by Gasteiger charge is 2.20. The van der Waals surface area contributed by atoms with Crippen molar-refractivity contribution < 1.29 is 19.3 Å². The normalized spacial score (nSPS) is 13.7. The number of hydrogen-bond acceptors (Lipinski definition) is 6. The molecule has 0 saturated carbocycles. The van der Waals surface area contributed by atoms with Crippen LogP contribution >= 0.6 is 30.7 Å². The number of ether oxygens (including phenoxy) is 1. The molecule has 37 heavy (non-hydrogen) atoms. The molecule has 196 valence electrons. The lowest BCUT2D eigenvalue weighted by atomic mass is 10.0. The summed E-state index contributed by atoms with van der Waals surface area (Å²) in [6.07, 6.45) is 0. The van der Waals surface area contributed by atoms with Crippen LogP contribution in [0.15, 0.2) is 59.8 Å². The highest BCUT2D eigenvalue weighted by atomic mass is 35.5. The van der Waals surface area contributed by atoms with Gasteiger partial charge in [-0.1, -0.05) is 85.5 Å². The first-order chi connectivity index (χ1) is 17.4. The maximum atomic E-state index is 11.9. The van der Waals surface area contributed by atoms with Gasteiger partial charge in [-0.3, -0.25) is 9.13 Å². The number of phenolic OH excluding ortho intramolecular Hbond substituents is 1. The lowest BCUT2D eigenvalue weighted by Crippen LogP contribution is -2.22. The highest BCUT2D eigenvalue weighted by Crippen LogP contribution is 2.42. The SMILES string of the molecule is C[Si](C)(C)CCOCn1c(SCP(C)(=O)O)nc2nc(-c3ccc(-c4ccccc4O)cc3)c(Cl)cc21. The van der Waals surface area contributed by atoms with E-state index in [-0.39, 0.29) is 18.0 Å². The molecule has 0 saturated heterocycles. The van der Waals surface area contributed by atoms with E-state index in [0.717, 1.165) is 22.7 Å². The van der Waals surface area contributed by atoms with Gasteiger partial charge >= 0.3 is 0 Å². The van der Waals surface area contributed by atoms with Crippen LogP contribution in [0.1, 0.15) is 0 Å². The smallest absolute Gasteiger partial charge is 0.207 e. The summed E-state index contributed by atoms with van der Waals surface area (Å²) in [6, 6.07) is 17.7. The Morgan fingerprint density at radius 1 is 1.08 bits per heavy atom. The molecule has 2 heterocycles. The predicted molar refractivity (Wildman–Crippen MR) is 156 cm³/mol. The van der Waals surface area contributed by atoms with Crippen LogP contribution in [-0.4, -0.2) is 51.4 Å². The standard InChI is InChI=1S/C26H31ClN3O4PSSi/c1-35(32,33)17-36-26-29-25-22(30(26)16-34-13-14-37(2,3)4)15-21(27)24(28-25)19-11-9-18(10-12-19)20-7-5-6-8-23(20)31/h5-12,15,31H,13-14,16-17H2,1-4H3,(H,32,33). The lowest BCUT2D eigenvalue weighted by molar-refractivity contribution is 0.0843. The zero-order chi connectivity index (χ0) is 26.8. The molecule has 0 spiro atoms. The molecule has 0 amide bonds. The number of hydrogen-bond donors (Lipinski definition) is 2. The van der Waals surface area contributed by atoms with Gasteiger partial charge in [0.05, 0.1) is 21.7 Å². The Balaban J connectivity index is 1.66. The van der Waals surface area contributed by atoms with Gasteiger partial charge in [0.25, 0.3) is 0 Å². The summed E-state index contributed by atoms with van der Waals surface area (Å²) < 4.78 is 19.8. The number of para-hydroxylation sites is 1. The minimum absolute atomic E-state index is 0.0413.